The number of carboxylic acids is 1. The van der Waals surface area contributed by atoms with E-state index < -0.39 is 5.97 Å². The Morgan fingerprint density at radius 1 is 1.04 bits per heavy atom. The molecule has 0 amide bonds. The molecule has 2 rings (SSSR count). The molecule has 2 aromatic carbocycles. The molecule has 0 saturated carbocycles. The van der Waals surface area contributed by atoms with Gasteiger partial charge in [0.2, 0.25) is 5.75 Å². The minimum atomic E-state index is -1.08. The zero-order valence-electron chi connectivity index (χ0n) is 13.0. The highest BCUT2D eigenvalue weighted by Gasteiger charge is 2.15. The molecule has 0 spiro atoms. The van der Waals surface area contributed by atoms with Gasteiger partial charge in [0, 0.05) is 23.5 Å². The fourth-order valence-electron chi connectivity index (χ4n) is 2.16. The van der Waals surface area contributed by atoms with E-state index in [4.69, 9.17) is 19.9 Å². The van der Waals surface area contributed by atoms with E-state index in [2.05, 4.69) is 5.32 Å². The molecule has 0 heterocycles. The molecule has 0 aliphatic heterocycles. The maximum atomic E-state index is 11.3. The highest BCUT2D eigenvalue weighted by atomic mass is 16.5. The smallest absolute Gasteiger partial charge is 0.337 e. The summed E-state index contributed by atoms with van der Waals surface area (Å²) in [5.74, 6) is 0.298. The summed E-state index contributed by atoms with van der Waals surface area (Å²) in [6.07, 6.45) is 0. The highest BCUT2D eigenvalue weighted by Crippen LogP contribution is 2.40. The van der Waals surface area contributed by atoms with Gasteiger partial charge in [0.05, 0.1) is 32.6 Å². The van der Waals surface area contributed by atoms with Crippen LogP contribution in [-0.4, -0.2) is 32.4 Å². The number of aromatic carboxylic acids is 1. The van der Waals surface area contributed by atoms with E-state index >= 15 is 0 Å². The molecule has 23 heavy (non-hydrogen) atoms. The highest BCUT2D eigenvalue weighted by molar-refractivity contribution is 5.96. The summed E-state index contributed by atoms with van der Waals surface area (Å²) < 4.78 is 15.8. The Balaban J connectivity index is 2.47. The summed E-state index contributed by atoms with van der Waals surface area (Å²) in [5.41, 5.74) is 7.07. The molecule has 0 saturated heterocycles. The van der Waals surface area contributed by atoms with E-state index in [-0.39, 0.29) is 5.56 Å². The molecule has 0 atom stereocenters. The Morgan fingerprint density at radius 2 is 1.65 bits per heavy atom. The number of hydrogen-bond acceptors (Lipinski definition) is 6. The van der Waals surface area contributed by atoms with E-state index in [0.717, 1.165) is 0 Å². The number of hydrogen-bond donors (Lipinski definition) is 3. The minimum Gasteiger partial charge on any atom is -0.493 e. The van der Waals surface area contributed by atoms with E-state index in [0.29, 0.717) is 34.3 Å². The first-order valence-electron chi connectivity index (χ1n) is 6.70. The molecule has 0 aliphatic carbocycles. The second kappa shape index (κ2) is 6.78. The molecule has 0 radical (unpaired) electrons. The first kappa shape index (κ1) is 16.3. The summed E-state index contributed by atoms with van der Waals surface area (Å²) in [6, 6.07) is 7.98. The Hall–Kier alpha value is -3.09. The molecule has 7 nitrogen and oxygen atoms in total. The third-order valence-electron chi connectivity index (χ3n) is 3.22. The van der Waals surface area contributed by atoms with Crippen molar-refractivity contribution in [2.75, 3.05) is 32.4 Å². The van der Waals surface area contributed by atoms with E-state index in [9.17, 15) is 9.90 Å². The number of nitrogens with one attached hydrogen (secondary N) is 1. The van der Waals surface area contributed by atoms with Gasteiger partial charge in [-0.3, -0.25) is 0 Å². The monoisotopic (exact) mass is 318 g/mol. The number of rotatable bonds is 6. The molecule has 4 N–H and O–H groups in total. The first-order chi connectivity index (χ1) is 11.0. The zero-order valence-corrected chi connectivity index (χ0v) is 13.0. The minimum absolute atomic E-state index is 0.0683. The lowest BCUT2D eigenvalue weighted by molar-refractivity contribution is 0.0698. The van der Waals surface area contributed by atoms with Crippen LogP contribution in [0.3, 0.4) is 0 Å². The van der Waals surface area contributed by atoms with Crippen LogP contribution in [0.4, 0.5) is 17.1 Å². The predicted octanol–water partition coefficient (Wildman–Crippen LogP) is 2.74. The molecule has 2 aromatic rings. The van der Waals surface area contributed by atoms with Gasteiger partial charge in [-0.25, -0.2) is 4.79 Å². The summed E-state index contributed by atoms with van der Waals surface area (Å²) in [7, 11) is 4.52. The first-order valence-corrected chi connectivity index (χ1v) is 6.70. The molecule has 7 heteroatoms. The van der Waals surface area contributed by atoms with Gasteiger partial charge in [-0.1, -0.05) is 0 Å². The number of methoxy groups -OCH3 is 3. The molecule has 0 unspecified atom stereocenters. The Bertz CT molecular complexity index is 705. The summed E-state index contributed by atoms with van der Waals surface area (Å²) >= 11 is 0. The van der Waals surface area contributed by atoms with Crippen molar-refractivity contribution in [2.24, 2.45) is 0 Å². The number of nitrogen functional groups attached to an aromatic ring is 1. The predicted molar refractivity (Wildman–Crippen MR) is 87.2 cm³/mol. The third kappa shape index (κ3) is 3.39. The van der Waals surface area contributed by atoms with Crippen LogP contribution in [0.15, 0.2) is 30.3 Å². The van der Waals surface area contributed by atoms with Crippen LogP contribution in [0.2, 0.25) is 0 Å². The maximum absolute atomic E-state index is 11.3. The number of ether oxygens (including phenoxy) is 3. The van der Waals surface area contributed by atoms with Crippen LogP contribution in [0.25, 0.3) is 0 Å². The van der Waals surface area contributed by atoms with Gasteiger partial charge in [0.25, 0.3) is 0 Å². The van der Waals surface area contributed by atoms with Crippen LogP contribution in [-0.2, 0) is 0 Å². The quantitative estimate of drug-likeness (QED) is 0.704. The molecule has 122 valence electrons. The number of carbonyl (C=O) groups is 1. The van der Waals surface area contributed by atoms with Crippen molar-refractivity contribution in [1.82, 2.24) is 0 Å². The SMILES string of the molecule is COc1cc(Nc2ccc(N)cc2C(=O)O)cc(OC)c1OC. The molecule has 0 aromatic heterocycles. The lowest BCUT2D eigenvalue weighted by Gasteiger charge is -2.16. The van der Waals surface area contributed by atoms with Gasteiger partial charge in [-0.2, -0.15) is 0 Å². The number of nitrogens with two attached hydrogens (primary N) is 1. The average molecular weight is 318 g/mol. The van der Waals surface area contributed by atoms with Gasteiger partial charge in [-0.05, 0) is 18.2 Å². The van der Waals surface area contributed by atoms with Gasteiger partial charge in [0.15, 0.2) is 11.5 Å². The second-order valence-electron chi connectivity index (χ2n) is 4.65. The normalized spacial score (nSPS) is 10.0. The maximum Gasteiger partial charge on any atom is 0.337 e. The van der Waals surface area contributed by atoms with Crippen LogP contribution in [0.1, 0.15) is 10.4 Å². The van der Waals surface area contributed by atoms with E-state index in [1.165, 1.54) is 27.4 Å². The van der Waals surface area contributed by atoms with Crippen LogP contribution >= 0.6 is 0 Å². The lowest BCUT2D eigenvalue weighted by atomic mass is 10.1. The van der Waals surface area contributed by atoms with Crippen molar-refractivity contribution in [3.8, 4) is 17.2 Å². The summed E-state index contributed by atoms with van der Waals surface area (Å²) in [6.45, 7) is 0. The zero-order chi connectivity index (χ0) is 17.0. The van der Waals surface area contributed by atoms with E-state index in [1.54, 1.807) is 24.3 Å². The molecule has 0 aliphatic rings. The molecule has 0 fully saturated rings. The Kier molecular flexibility index (Phi) is 4.80. The second-order valence-corrected chi connectivity index (χ2v) is 4.65. The van der Waals surface area contributed by atoms with Gasteiger partial charge in [-0.15, -0.1) is 0 Å². The van der Waals surface area contributed by atoms with Crippen molar-refractivity contribution in [3.63, 3.8) is 0 Å². The number of anilines is 3. The van der Waals surface area contributed by atoms with Crippen molar-refractivity contribution in [2.45, 2.75) is 0 Å². The Labute approximate surface area is 133 Å². The lowest BCUT2D eigenvalue weighted by Crippen LogP contribution is -2.04. The van der Waals surface area contributed by atoms with Crippen LogP contribution < -0.4 is 25.3 Å². The number of carboxylic acid groups (broad SMARTS) is 1. The summed E-state index contributed by atoms with van der Waals surface area (Å²) in [5, 5.41) is 12.3. The fourth-order valence-corrected chi connectivity index (χ4v) is 2.16. The number of benzene rings is 2. The van der Waals surface area contributed by atoms with Gasteiger partial charge in [0.1, 0.15) is 0 Å². The van der Waals surface area contributed by atoms with Crippen LogP contribution in [0, 0.1) is 0 Å². The van der Waals surface area contributed by atoms with Crippen molar-refractivity contribution < 1.29 is 24.1 Å². The average Bonchev–Trinajstić information content (AvgIpc) is 2.55. The van der Waals surface area contributed by atoms with Gasteiger partial charge >= 0.3 is 5.97 Å². The summed E-state index contributed by atoms with van der Waals surface area (Å²) in [4.78, 5) is 11.3. The Morgan fingerprint density at radius 3 is 2.13 bits per heavy atom. The largest absolute Gasteiger partial charge is 0.493 e. The van der Waals surface area contributed by atoms with Crippen molar-refractivity contribution >= 4 is 23.0 Å². The third-order valence-corrected chi connectivity index (χ3v) is 3.22. The topological polar surface area (TPSA) is 103 Å². The van der Waals surface area contributed by atoms with E-state index in [1.807, 2.05) is 0 Å². The fraction of sp³-hybridized carbons (Fsp3) is 0.188. The molecular weight excluding hydrogens is 300 g/mol. The van der Waals surface area contributed by atoms with Crippen molar-refractivity contribution in [1.29, 1.82) is 0 Å². The van der Waals surface area contributed by atoms with Crippen LogP contribution in [0.5, 0.6) is 17.2 Å². The van der Waals surface area contributed by atoms with Crippen molar-refractivity contribution in [3.05, 3.63) is 35.9 Å². The van der Waals surface area contributed by atoms with Gasteiger partial charge < -0.3 is 30.4 Å². The molecular formula is C16H18N2O5. The molecule has 0 bridgehead atoms. The standard InChI is InChI=1S/C16H18N2O5/c1-21-13-7-10(8-14(22-2)15(13)23-3)18-12-5-4-9(17)6-11(12)16(19)20/h4-8,18H,17H2,1-3H3,(H,19,20).